The summed E-state index contributed by atoms with van der Waals surface area (Å²) in [6, 6.07) is 24.7. The molecule has 24 heavy (non-hydrogen) atoms. The number of hydrogen-bond donors (Lipinski definition) is 0. The zero-order valence-corrected chi connectivity index (χ0v) is 13.7. The van der Waals surface area contributed by atoms with Gasteiger partial charge in [-0.1, -0.05) is 60.7 Å². The van der Waals surface area contributed by atoms with Crippen LogP contribution in [0.5, 0.6) is 5.75 Å². The van der Waals surface area contributed by atoms with E-state index in [1.54, 1.807) is 6.07 Å². The molecule has 0 N–H and O–H groups in total. The zero-order chi connectivity index (χ0) is 16.8. The molecule has 0 atom stereocenters. The first-order chi connectivity index (χ1) is 11.7. The first-order valence-electron chi connectivity index (χ1n) is 7.94. The van der Waals surface area contributed by atoms with Crippen molar-refractivity contribution in [1.29, 1.82) is 0 Å². The summed E-state index contributed by atoms with van der Waals surface area (Å²) in [4.78, 5) is 2.06. The highest BCUT2D eigenvalue weighted by molar-refractivity contribution is 5.58. The number of rotatable bonds is 6. The van der Waals surface area contributed by atoms with Crippen molar-refractivity contribution in [2.24, 2.45) is 0 Å². The second-order valence-electron chi connectivity index (χ2n) is 5.73. The maximum absolute atomic E-state index is 13.7. The number of halogens is 1. The minimum atomic E-state index is -0.296. The lowest BCUT2D eigenvalue weighted by atomic mass is 10.2. The summed E-state index contributed by atoms with van der Waals surface area (Å²) in [6.45, 7) is 1.14. The molecule has 122 valence electrons. The van der Waals surface area contributed by atoms with Crippen LogP contribution in [-0.4, -0.2) is 7.05 Å². The standard InChI is InChI=1S/C21H20FNO/c1-23(15-17-8-4-2-5-9-17)20-13-12-19(22)14-21(20)24-16-18-10-6-3-7-11-18/h2-14H,15-16H2,1H3. The molecule has 0 aromatic heterocycles. The molecule has 0 heterocycles. The Kier molecular flexibility index (Phi) is 5.12. The summed E-state index contributed by atoms with van der Waals surface area (Å²) in [5.74, 6) is 0.257. The Hall–Kier alpha value is -2.81. The van der Waals surface area contributed by atoms with Crippen molar-refractivity contribution in [3.63, 3.8) is 0 Å². The smallest absolute Gasteiger partial charge is 0.146 e. The van der Waals surface area contributed by atoms with Crippen LogP contribution in [0.2, 0.25) is 0 Å². The molecule has 0 saturated carbocycles. The third-order valence-corrected chi connectivity index (χ3v) is 3.83. The van der Waals surface area contributed by atoms with Gasteiger partial charge in [0.2, 0.25) is 0 Å². The molecular weight excluding hydrogens is 301 g/mol. The quantitative estimate of drug-likeness (QED) is 0.630. The SMILES string of the molecule is CN(Cc1ccccc1)c1ccc(F)cc1OCc1ccccc1. The van der Waals surface area contributed by atoms with Crippen LogP contribution in [0.1, 0.15) is 11.1 Å². The third-order valence-electron chi connectivity index (χ3n) is 3.83. The van der Waals surface area contributed by atoms with Gasteiger partial charge in [-0.2, -0.15) is 0 Å². The van der Waals surface area contributed by atoms with Gasteiger partial charge in [-0.15, -0.1) is 0 Å². The second kappa shape index (κ2) is 7.64. The molecule has 3 rings (SSSR count). The van der Waals surface area contributed by atoms with Crippen LogP contribution in [0.3, 0.4) is 0 Å². The highest BCUT2D eigenvalue weighted by Gasteiger charge is 2.11. The van der Waals surface area contributed by atoms with Crippen molar-refractivity contribution < 1.29 is 9.13 Å². The largest absolute Gasteiger partial charge is 0.487 e. The van der Waals surface area contributed by atoms with Crippen molar-refractivity contribution in [2.75, 3.05) is 11.9 Å². The number of ether oxygens (including phenoxy) is 1. The van der Waals surface area contributed by atoms with E-state index < -0.39 is 0 Å². The average Bonchev–Trinajstić information content (AvgIpc) is 2.61. The Bertz CT molecular complexity index is 774. The van der Waals surface area contributed by atoms with E-state index in [9.17, 15) is 4.39 Å². The molecule has 0 radical (unpaired) electrons. The highest BCUT2D eigenvalue weighted by atomic mass is 19.1. The van der Waals surface area contributed by atoms with Crippen LogP contribution < -0.4 is 9.64 Å². The number of hydrogen-bond acceptors (Lipinski definition) is 2. The Morgan fingerprint density at radius 1 is 0.833 bits per heavy atom. The molecule has 0 bridgehead atoms. The van der Waals surface area contributed by atoms with E-state index in [0.29, 0.717) is 12.4 Å². The van der Waals surface area contributed by atoms with Crippen LogP contribution in [-0.2, 0) is 13.2 Å². The van der Waals surface area contributed by atoms with E-state index in [1.807, 2.05) is 55.6 Å². The molecule has 0 fully saturated rings. The van der Waals surface area contributed by atoms with Gasteiger partial charge < -0.3 is 9.64 Å². The third kappa shape index (κ3) is 4.13. The van der Waals surface area contributed by atoms with E-state index in [0.717, 1.165) is 17.8 Å². The molecule has 2 nitrogen and oxygen atoms in total. The Morgan fingerprint density at radius 2 is 1.46 bits per heavy atom. The van der Waals surface area contributed by atoms with E-state index >= 15 is 0 Å². The summed E-state index contributed by atoms with van der Waals surface area (Å²) < 4.78 is 19.5. The number of benzene rings is 3. The summed E-state index contributed by atoms with van der Waals surface area (Å²) in [5.41, 5.74) is 3.12. The fraction of sp³-hybridized carbons (Fsp3) is 0.143. The summed E-state index contributed by atoms with van der Waals surface area (Å²) in [7, 11) is 1.98. The van der Waals surface area contributed by atoms with E-state index in [2.05, 4.69) is 17.0 Å². The van der Waals surface area contributed by atoms with Gasteiger partial charge in [0.1, 0.15) is 18.2 Å². The van der Waals surface area contributed by atoms with Crippen LogP contribution in [0.4, 0.5) is 10.1 Å². The lowest BCUT2D eigenvalue weighted by molar-refractivity contribution is 0.305. The number of nitrogens with zero attached hydrogens (tertiary/aromatic N) is 1. The van der Waals surface area contributed by atoms with Gasteiger partial charge in [0, 0.05) is 19.7 Å². The van der Waals surface area contributed by atoms with Crippen molar-refractivity contribution in [2.45, 2.75) is 13.2 Å². The Labute approximate surface area is 142 Å². The van der Waals surface area contributed by atoms with Gasteiger partial charge in [0.15, 0.2) is 0 Å². The minimum Gasteiger partial charge on any atom is -0.487 e. The summed E-state index contributed by atoms with van der Waals surface area (Å²) in [6.07, 6.45) is 0. The Balaban J connectivity index is 1.77. The lowest BCUT2D eigenvalue weighted by Gasteiger charge is -2.22. The molecule has 0 amide bonds. The molecule has 0 aliphatic rings. The molecule has 0 aliphatic heterocycles. The van der Waals surface area contributed by atoms with Crippen molar-refractivity contribution >= 4 is 5.69 Å². The fourth-order valence-corrected chi connectivity index (χ4v) is 2.60. The normalized spacial score (nSPS) is 10.4. The van der Waals surface area contributed by atoms with Gasteiger partial charge in [-0.25, -0.2) is 4.39 Å². The zero-order valence-electron chi connectivity index (χ0n) is 13.7. The molecule has 0 spiro atoms. The monoisotopic (exact) mass is 321 g/mol. The first kappa shape index (κ1) is 16.1. The molecule has 3 aromatic rings. The van der Waals surface area contributed by atoms with Gasteiger partial charge in [0.25, 0.3) is 0 Å². The lowest BCUT2D eigenvalue weighted by Crippen LogP contribution is -2.17. The minimum absolute atomic E-state index is 0.296. The van der Waals surface area contributed by atoms with Crippen LogP contribution >= 0.6 is 0 Å². The predicted molar refractivity (Wildman–Crippen MR) is 95.7 cm³/mol. The van der Waals surface area contributed by atoms with Gasteiger partial charge in [-0.05, 0) is 23.3 Å². The van der Waals surface area contributed by atoms with E-state index in [4.69, 9.17) is 4.74 Å². The molecule has 0 saturated heterocycles. The maximum atomic E-state index is 13.7. The van der Waals surface area contributed by atoms with E-state index in [-0.39, 0.29) is 5.82 Å². The summed E-state index contributed by atoms with van der Waals surface area (Å²) >= 11 is 0. The van der Waals surface area contributed by atoms with Crippen molar-refractivity contribution in [3.8, 4) is 5.75 Å². The maximum Gasteiger partial charge on any atom is 0.146 e. The Morgan fingerprint density at radius 3 is 2.12 bits per heavy atom. The topological polar surface area (TPSA) is 12.5 Å². The first-order valence-corrected chi connectivity index (χ1v) is 7.94. The van der Waals surface area contributed by atoms with Gasteiger partial charge in [-0.3, -0.25) is 0 Å². The molecule has 0 unspecified atom stereocenters. The van der Waals surface area contributed by atoms with Gasteiger partial charge in [0.05, 0.1) is 5.69 Å². The average molecular weight is 321 g/mol. The molecule has 0 aliphatic carbocycles. The van der Waals surface area contributed by atoms with Crippen LogP contribution in [0, 0.1) is 5.82 Å². The fourth-order valence-electron chi connectivity index (χ4n) is 2.60. The van der Waals surface area contributed by atoms with Gasteiger partial charge >= 0.3 is 0 Å². The van der Waals surface area contributed by atoms with Crippen molar-refractivity contribution in [3.05, 3.63) is 95.8 Å². The predicted octanol–water partition coefficient (Wildman–Crippen LogP) is 5.04. The summed E-state index contributed by atoms with van der Waals surface area (Å²) in [5, 5.41) is 0. The van der Waals surface area contributed by atoms with Crippen LogP contribution in [0.15, 0.2) is 78.9 Å². The second-order valence-corrected chi connectivity index (χ2v) is 5.73. The van der Waals surface area contributed by atoms with E-state index in [1.165, 1.54) is 17.7 Å². The van der Waals surface area contributed by atoms with Crippen LogP contribution in [0.25, 0.3) is 0 Å². The highest BCUT2D eigenvalue weighted by Crippen LogP contribution is 2.30. The molecule has 3 heteroatoms. The number of anilines is 1. The molecule has 3 aromatic carbocycles. The molecular formula is C21H20FNO. The van der Waals surface area contributed by atoms with Crippen molar-refractivity contribution in [1.82, 2.24) is 0 Å².